The number of carbonyl (C=O) groups excluding carboxylic acids is 1. The summed E-state index contributed by atoms with van der Waals surface area (Å²) in [5.41, 5.74) is 13.7. The zero-order valence-corrected chi connectivity index (χ0v) is 11.2. The summed E-state index contributed by atoms with van der Waals surface area (Å²) in [7, 11) is 1.62. The van der Waals surface area contributed by atoms with Crippen molar-refractivity contribution in [2.75, 3.05) is 18.2 Å². The molecule has 0 saturated heterocycles. The molecule has 5 N–H and O–H groups in total. The van der Waals surface area contributed by atoms with E-state index in [0.29, 0.717) is 23.5 Å². The van der Waals surface area contributed by atoms with Gasteiger partial charge in [0.1, 0.15) is 5.75 Å². The van der Waals surface area contributed by atoms with Gasteiger partial charge in [0.05, 0.1) is 24.0 Å². The van der Waals surface area contributed by atoms with E-state index in [-0.39, 0.29) is 0 Å². The number of hydrogen-bond donors (Lipinski definition) is 3. The third-order valence-electron chi connectivity index (χ3n) is 2.99. The van der Waals surface area contributed by atoms with Gasteiger partial charge in [-0.25, -0.2) is 0 Å². The number of benzene rings is 2. The Balaban J connectivity index is 2.16. The lowest BCUT2D eigenvalue weighted by molar-refractivity contribution is 0.100. The number of nitrogen functional groups attached to an aromatic ring is 1. The number of hydrogen-bond acceptors (Lipinski definition) is 4. The highest BCUT2D eigenvalue weighted by Gasteiger charge is 2.10. The first kappa shape index (κ1) is 13.7. The van der Waals surface area contributed by atoms with Gasteiger partial charge >= 0.3 is 0 Å². The maximum Gasteiger partial charge on any atom is 0.250 e. The van der Waals surface area contributed by atoms with E-state index in [1.54, 1.807) is 25.3 Å². The first-order valence-electron chi connectivity index (χ1n) is 6.17. The zero-order chi connectivity index (χ0) is 14.5. The Morgan fingerprint density at radius 2 is 1.90 bits per heavy atom. The number of carbonyl (C=O) groups is 1. The quantitative estimate of drug-likeness (QED) is 0.725. The van der Waals surface area contributed by atoms with Crippen LogP contribution in [0.2, 0.25) is 0 Å². The van der Waals surface area contributed by atoms with Crippen LogP contribution >= 0.6 is 0 Å². The van der Waals surface area contributed by atoms with Crippen LogP contribution in [0.1, 0.15) is 15.9 Å². The van der Waals surface area contributed by atoms with E-state index >= 15 is 0 Å². The van der Waals surface area contributed by atoms with E-state index in [1.807, 2.05) is 24.3 Å². The summed E-state index contributed by atoms with van der Waals surface area (Å²) in [6.07, 6.45) is 0. The predicted molar refractivity (Wildman–Crippen MR) is 79.7 cm³/mol. The number of amides is 1. The molecule has 0 atom stereocenters. The van der Waals surface area contributed by atoms with Crippen LogP contribution in [0.15, 0.2) is 42.5 Å². The van der Waals surface area contributed by atoms with Gasteiger partial charge < -0.3 is 21.5 Å². The smallest absolute Gasteiger partial charge is 0.250 e. The molecule has 1 amide bonds. The second kappa shape index (κ2) is 5.97. The van der Waals surface area contributed by atoms with Crippen molar-refractivity contribution in [2.45, 2.75) is 6.54 Å². The van der Waals surface area contributed by atoms with Crippen LogP contribution in [0.4, 0.5) is 11.4 Å². The summed E-state index contributed by atoms with van der Waals surface area (Å²) in [5.74, 6) is 0.292. The van der Waals surface area contributed by atoms with Gasteiger partial charge in [-0.05, 0) is 29.8 Å². The van der Waals surface area contributed by atoms with Crippen molar-refractivity contribution < 1.29 is 9.53 Å². The largest absolute Gasteiger partial charge is 0.497 e. The maximum absolute atomic E-state index is 11.4. The minimum absolute atomic E-state index is 0.388. The van der Waals surface area contributed by atoms with Crippen molar-refractivity contribution in [1.29, 1.82) is 0 Å². The summed E-state index contributed by atoms with van der Waals surface area (Å²) < 4.78 is 5.10. The molecule has 104 valence electrons. The van der Waals surface area contributed by atoms with Gasteiger partial charge in [0.25, 0.3) is 5.91 Å². The minimum atomic E-state index is -0.505. The van der Waals surface area contributed by atoms with Gasteiger partial charge in [0, 0.05) is 6.54 Å². The summed E-state index contributed by atoms with van der Waals surface area (Å²) >= 11 is 0. The highest BCUT2D eigenvalue weighted by Crippen LogP contribution is 2.24. The fourth-order valence-corrected chi connectivity index (χ4v) is 1.91. The number of ether oxygens (including phenoxy) is 1. The van der Waals surface area contributed by atoms with Crippen molar-refractivity contribution >= 4 is 17.3 Å². The second-order valence-electron chi connectivity index (χ2n) is 4.34. The number of methoxy groups -OCH3 is 1. The topological polar surface area (TPSA) is 90.4 Å². The zero-order valence-electron chi connectivity index (χ0n) is 11.2. The number of nitrogens with one attached hydrogen (secondary N) is 1. The van der Waals surface area contributed by atoms with Gasteiger partial charge in [-0.2, -0.15) is 0 Å². The van der Waals surface area contributed by atoms with Gasteiger partial charge in [0.2, 0.25) is 0 Å². The van der Waals surface area contributed by atoms with Crippen molar-refractivity contribution in [1.82, 2.24) is 0 Å². The Morgan fingerprint density at radius 1 is 1.20 bits per heavy atom. The number of rotatable bonds is 5. The average Bonchev–Trinajstić information content (AvgIpc) is 2.46. The molecule has 2 aromatic rings. The number of anilines is 2. The first-order valence-corrected chi connectivity index (χ1v) is 6.17. The van der Waals surface area contributed by atoms with Gasteiger partial charge in [-0.3, -0.25) is 4.79 Å². The number of para-hydroxylation sites is 1. The van der Waals surface area contributed by atoms with E-state index < -0.39 is 5.91 Å². The highest BCUT2D eigenvalue weighted by atomic mass is 16.5. The molecule has 0 saturated carbocycles. The van der Waals surface area contributed by atoms with E-state index in [1.165, 1.54) is 0 Å². The third-order valence-corrected chi connectivity index (χ3v) is 2.99. The fraction of sp³-hybridized carbons (Fsp3) is 0.133. The fourth-order valence-electron chi connectivity index (χ4n) is 1.91. The Morgan fingerprint density at radius 3 is 2.50 bits per heavy atom. The molecule has 0 spiro atoms. The highest BCUT2D eigenvalue weighted by molar-refractivity contribution is 6.01. The van der Waals surface area contributed by atoms with Crippen LogP contribution in [0.5, 0.6) is 5.75 Å². The molecule has 0 aromatic heterocycles. The van der Waals surface area contributed by atoms with Crippen LogP contribution < -0.4 is 21.5 Å². The van der Waals surface area contributed by atoms with Crippen molar-refractivity contribution in [2.24, 2.45) is 5.73 Å². The van der Waals surface area contributed by atoms with Crippen LogP contribution in [0.3, 0.4) is 0 Å². The van der Waals surface area contributed by atoms with Crippen molar-refractivity contribution in [3.63, 3.8) is 0 Å². The number of nitrogens with two attached hydrogens (primary N) is 2. The molecule has 0 fully saturated rings. The third kappa shape index (κ3) is 3.00. The molecule has 0 heterocycles. The standard InChI is InChI=1S/C15H17N3O2/c1-20-11-7-5-10(6-8-11)9-18-14-12(15(17)19)3-2-4-13(14)16/h2-8,18H,9,16H2,1H3,(H2,17,19). The van der Waals surface area contributed by atoms with Crippen LogP contribution in [-0.4, -0.2) is 13.0 Å². The molecule has 2 aromatic carbocycles. The molecular formula is C15H17N3O2. The molecule has 0 aliphatic rings. The Kier molecular flexibility index (Phi) is 4.10. The van der Waals surface area contributed by atoms with Crippen LogP contribution in [0.25, 0.3) is 0 Å². The van der Waals surface area contributed by atoms with Gasteiger partial charge in [0.15, 0.2) is 0 Å². The lowest BCUT2D eigenvalue weighted by Crippen LogP contribution is -2.15. The molecule has 5 heteroatoms. The Labute approximate surface area is 117 Å². The summed E-state index contributed by atoms with van der Waals surface area (Å²) in [6.45, 7) is 0.540. The summed E-state index contributed by atoms with van der Waals surface area (Å²) in [6, 6.07) is 12.7. The van der Waals surface area contributed by atoms with E-state index in [0.717, 1.165) is 11.3 Å². The lowest BCUT2D eigenvalue weighted by Gasteiger charge is -2.13. The van der Waals surface area contributed by atoms with Crippen LogP contribution in [0, 0.1) is 0 Å². The van der Waals surface area contributed by atoms with E-state index in [2.05, 4.69) is 5.32 Å². The Bertz CT molecular complexity index is 609. The predicted octanol–water partition coefficient (Wildman–Crippen LogP) is 1.99. The summed E-state index contributed by atoms with van der Waals surface area (Å²) in [4.78, 5) is 11.4. The monoisotopic (exact) mass is 271 g/mol. The molecule has 0 bridgehead atoms. The van der Waals surface area contributed by atoms with Gasteiger partial charge in [-0.15, -0.1) is 0 Å². The average molecular weight is 271 g/mol. The molecule has 5 nitrogen and oxygen atoms in total. The van der Waals surface area contributed by atoms with Crippen LogP contribution in [-0.2, 0) is 6.54 Å². The molecule has 2 rings (SSSR count). The van der Waals surface area contributed by atoms with E-state index in [9.17, 15) is 4.79 Å². The maximum atomic E-state index is 11.4. The molecule has 20 heavy (non-hydrogen) atoms. The molecule has 0 radical (unpaired) electrons. The van der Waals surface area contributed by atoms with Crippen molar-refractivity contribution in [3.05, 3.63) is 53.6 Å². The minimum Gasteiger partial charge on any atom is -0.497 e. The number of primary amides is 1. The molecular weight excluding hydrogens is 254 g/mol. The molecule has 0 aliphatic carbocycles. The van der Waals surface area contributed by atoms with Gasteiger partial charge in [-0.1, -0.05) is 18.2 Å². The van der Waals surface area contributed by atoms with E-state index in [4.69, 9.17) is 16.2 Å². The molecule has 0 unspecified atom stereocenters. The SMILES string of the molecule is COc1ccc(CNc2c(N)cccc2C(N)=O)cc1. The Hall–Kier alpha value is -2.69. The van der Waals surface area contributed by atoms with Crippen molar-refractivity contribution in [3.8, 4) is 5.75 Å². The molecule has 0 aliphatic heterocycles. The first-order chi connectivity index (χ1) is 9.61. The second-order valence-corrected chi connectivity index (χ2v) is 4.34. The summed E-state index contributed by atoms with van der Waals surface area (Å²) in [5, 5.41) is 3.15. The normalized spacial score (nSPS) is 10.1. The lowest BCUT2D eigenvalue weighted by atomic mass is 10.1.